The second-order valence-corrected chi connectivity index (χ2v) is 9.63. The molecule has 2 nitrogen and oxygen atoms in total. The fourth-order valence-electron chi connectivity index (χ4n) is 4.78. The molecule has 0 aliphatic carbocycles. The van der Waals surface area contributed by atoms with Gasteiger partial charge >= 0.3 is 0 Å². The van der Waals surface area contributed by atoms with Crippen LogP contribution in [-0.2, 0) is 13.0 Å². The van der Waals surface area contributed by atoms with E-state index in [2.05, 4.69) is 55.8 Å². The molecule has 0 saturated carbocycles. The minimum absolute atomic E-state index is 0.663. The standard InChI is InChI=1S/C29H31Cl2NO/c1-6-32-17-22(11-8-14-33-23-15-20(4)28(31)21(5)16-23)24-12-13-25(30)27(29(24)32)26-18(2)9-7-10-19(26)3/h7,9-10,12-13,15-17H,6,8,11,14H2,1-5H3. The number of nitrogens with zero attached hydrogens (tertiary/aromatic N) is 1. The summed E-state index contributed by atoms with van der Waals surface area (Å²) in [4.78, 5) is 0. The lowest BCUT2D eigenvalue weighted by Gasteiger charge is -2.15. The molecule has 33 heavy (non-hydrogen) atoms. The maximum absolute atomic E-state index is 6.81. The molecule has 0 saturated heterocycles. The van der Waals surface area contributed by atoms with Crippen LogP contribution in [-0.4, -0.2) is 11.2 Å². The second kappa shape index (κ2) is 9.83. The van der Waals surface area contributed by atoms with Gasteiger partial charge in [-0.1, -0.05) is 47.5 Å². The molecule has 3 aromatic carbocycles. The van der Waals surface area contributed by atoms with Crippen LogP contribution in [0.4, 0.5) is 0 Å². The van der Waals surface area contributed by atoms with Gasteiger partial charge in [-0.2, -0.15) is 0 Å². The molecule has 1 heterocycles. The first-order chi connectivity index (χ1) is 15.8. The highest BCUT2D eigenvalue weighted by Gasteiger charge is 2.18. The van der Waals surface area contributed by atoms with Crippen molar-refractivity contribution in [1.82, 2.24) is 4.57 Å². The fraction of sp³-hybridized carbons (Fsp3) is 0.310. The molecule has 0 aliphatic heterocycles. The molecule has 0 radical (unpaired) electrons. The summed E-state index contributed by atoms with van der Waals surface area (Å²) in [6.07, 6.45) is 4.17. The van der Waals surface area contributed by atoms with E-state index in [0.717, 1.165) is 51.9 Å². The molecule has 0 amide bonds. The highest BCUT2D eigenvalue weighted by molar-refractivity contribution is 6.35. The lowest BCUT2D eigenvalue weighted by atomic mass is 9.93. The van der Waals surface area contributed by atoms with Gasteiger partial charge in [0.2, 0.25) is 0 Å². The Morgan fingerprint density at radius 3 is 2.15 bits per heavy atom. The Balaban J connectivity index is 1.62. The summed E-state index contributed by atoms with van der Waals surface area (Å²) >= 11 is 13.1. The number of rotatable bonds is 7. The van der Waals surface area contributed by atoms with E-state index < -0.39 is 0 Å². The molecular formula is C29H31Cl2NO. The summed E-state index contributed by atoms with van der Waals surface area (Å²) in [7, 11) is 0. The molecule has 4 aromatic rings. The molecule has 0 N–H and O–H groups in total. The van der Waals surface area contributed by atoms with Gasteiger partial charge in [0.25, 0.3) is 0 Å². The molecule has 0 fully saturated rings. The Kier molecular flexibility index (Phi) is 7.07. The van der Waals surface area contributed by atoms with Crippen molar-refractivity contribution in [3.63, 3.8) is 0 Å². The molecule has 0 bridgehead atoms. The number of hydrogen-bond donors (Lipinski definition) is 0. The predicted octanol–water partition coefficient (Wildman–Crippen LogP) is 8.88. The number of ether oxygens (including phenoxy) is 1. The van der Waals surface area contributed by atoms with E-state index in [9.17, 15) is 0 Å². The normalized spacial score (nSPS) is 11.4. The van der Waals surface area contributed by atoms with Gasteiger partial charge in [-0.15, -0.1) is 0 Å². The first-order valence-electron chi connectivity index (χ1n) is 11.6. The number of halogens is 2. The number of benzene rings is 3. The van der Waals surface area contributed by atoms with E-state index >= 15 is 0 Å². The van der Waals surface area contributed by atoms with Crippen molar-refractivity contribution in [1.29, 1.82) is 0 Å². The summed E-state index contributed by atoms with van der Waals surface area (Å²) in [5.74, 6) is 0.884. The van der Waals surface area contributed by atoms with Crippen LogP contribution >= 0.6 is 23.2 Å². The molecule has 0 unspecified atom stereocenters. The lowest BCUT2D eigenvalue weighted by molar-refractivity contribution is 0.311. The third-order valence-corrected chi connectivity index (χ3v) is 7.32. The van der Waals surface area contributed by atoms with E-state index in [-0.39, 0.29) is 0 Å². The van der Waals surface area contributed by atoms with Gasteiger partial charge < -0.3 is 9.30 Å². The quantitative estimate of drug-likeness (QED) is 0.241. The third-order valence-electron chi connectivity index (χ3n) is 6.41. The van der Waals surface area contributed by atoms with Crippen molar-refractivity contribution in [2.45, 2.75) is 54.0 Å². The summed E-state index contributed by atoms with van der Waals surface area (Å²) in [5.41, 5.74) is 9.53. The predicted molar refractivity (Wildman–Crippen MR) is 142 cm³/mol. The van der Waals surface area contributed by atoms with Crippen LogP contribution in [0.15, 0.2) is 48.7 Å². The van der Waals surface area contributed by atoms with Gasteiger partial charge in [-0.25, -0.2) is 0 Å². The summed E-state index contributed by atoms with van der Waals surface area (Å²) in [6, 6.07) is 14.7. The van der Waals surface area contributed by atoms with Crippen LogP contribution in [0.3, 0.4) is 0 Å². The minimum atomic E-state index is 0.663. The Morgan fingerprint density at radius 1 is 0.848 bits per heavy atom. The largest absolute Gasteiger partial charge is 0.494 e. The molecule has 0 atom stereocenters. The van der Waals surface area contributed by atoms with Gasteiger partial charge in [-0.3, -0.25) is 0 Å². The zero-order chi connectivity index (χ0) is 23.7. The summed E-state index contributed by atoms with van der Waals surface area (Å²) in [6.45, 7) is 12.1. The lowest BCUT2D eigenvalue weighted by Crippen LogP contribution is -2.00. The molecular weight excluding hydrogens is 449 g/mol. The fourth-order valence-corrected chi connectivity index (χ4v) is 5.14. The molecule has 4 heteroatoms. The van der Waals surface area contributed by atoms with Crippen LogP contribution in [0.5, 0.6) is 5.75 Å². The van der Waals surface area contributed by atoms with Crippen molar-refractivity contribution in [2.75, 3.05) is 6.61 Å². The smallest absolute Gasteiger partial charge is 0.119 e. The monoisotopic (exact) mass is 479 g/mol. The molecule has 0 spiro atoms. The van der Waals surface area contributed by atoms with Crippen LogP contribution in [0.2, 0.25) is 10.0 Å². The van der Waals surface area contributed by atoms with E-state index in [1.54, 1.807) is 0 Å². The number of aromatic nitrogens is 1. The van der Waals surface area contributed by atoms with Crippen LogP contribution in [0.1, 0.15) is 41.2 Å². The maximum atomic E-state index is 6.81. The zero-order valence-electron chi connectivity index (χ0n) is 20.1. The topological polar surface area (TPSA) is 14.2 Å². The van der Waals surface area contributed by atoms with Crippen molar-refractivity contribution in [2.24, 2.45) is 0 Å². The van der Waals surface area contributed by atoms with Crippen LogP contribution in [0, 0.1) is 27.7 Å². The van der Waals surface area contributed by atoms with E-state index in [0.29, 0.717) is 6.61 Å². The number of aryl methyl sites for hydroxylation is 6. The highest BCUT2D eigenvalue weighted by atomic mass is 35.5. The van der Waals surface area contributed by atoms with Crippen molar-refractivity contribution in [3.05, 3.63) is 86.5 Å². The molecule has 4 rings (SSSR count). The Bertz CT molecular complexity index is 1280. The van der Waals surface area contributed by atoms with Crippen molar-refractivity contribution in [3.8, 4) is 16.9 Å². The van der Waals surface area contributed by atoms with Crippen molar-refractivity contribution < 1.29 is 4.74 Å². The Morgan fingerprint density at radius 2 is 1.52 bits per heavy atom. The van der Waals surface area contributed by atoms with Crippen LogP contribution in [0.25, 0.3) is 22.0 Å². The zero-order valence-corrected chi connectivity index (χ0v) is 21.6. The third kappa shape index (κ3) is 4.65. The average molecular weight is 480 g/mol. The Labute approximate surface area is 207 Å². The van der Waals surface area contributed by atoms with Gasteiger partial charge in [0.1, 0.15) is 5.75 Å². The molecule has 172 valence electrons. The van der Waals surface area contributed by atoms with Gasteiger partial charge in [-0.05, 0) is 99.0 Å². The average Bonchev–Trinajstić information content (AvgIpc) is 3.14. The van der Waals surface area contributed by atoms with Gasteiger partial charge in [0, 0.05) is 28.7 Å². The second-order valence-electron chi connectivity index (χ2n) is 8.85. The minimum Gasteiger partial charge on any atom is -0.494 e. The molecule has 1 aromatic heterocycles. The summed E-state index contributed by atoms with van der Waals surface area (Å²) in [5, 5.41) is 2.89. The first kappa shape index (κ1) is 23.7. The van der Waals surface area contributed by atoms with Crippen LogP contribution < -0.4 is 4.74 Å². The Hall–Kier alpha value is -2.42. The number of hydrogen-bond acceptors (Lipinski definition) is 1. The van der Waals surface area contributed by atoms with E-state index in [1.807, 2.05) is 32.0 Å². The SMILES string of the molecule is CCn1cc(CCCOc2cc(C)c(Cl)c(C)c2)c2ccc(Cl)c(-c3c(C)cccc3C)c21. The number of fused-ring (bicyclic) bond motifs is 1. The maximum Gasteiger partial charge on any atom is 0.119 e. The summed E-state index contributed by atoms with van der Waals surface area (Å²) < 4.78 is 8.38. The van der Waals surface area contributed by atoms with Gasteiger partial charge in [0.15, 0.2) is 0 Å². The van der Waals surface area contributed by atoms with E-state index in [1.165, 1.54) is 33.2 Å². The van der Waals surface area contributed by atoms with Crippen molar-refractivity contribution >= 4 is 34.1 Å². The first-order valence-corrected chi connectivity index (χ1v) is 12.3. The molecule has 0 aliphatic rings. The highest BCUT2D eigenvalue weighted by Crippen LogP contribution is 2.40. The van der Waals surface area contributed by atoms with E-state index in [4.69, 9.17) is 27.9 Å². The van der Waals surface area contributed by atoms with Gasteiger partial charge in [0.05, 0.1) is 17.1 Å².